The zero-order valence-corrected chi connectivity index (χ0v) is 12.8. The Morgan fingerprint density at radius 3 is 2.50 bits per heavy atom. The number of nitrogens with two attached hydrogens (primary N) is 1. The van der Waals surface area contributed by atoms with Crippen LogP contribution in [0.4, 0.5) is 10.1 Å². The van der Waals surface area contributed by atoms with E-state index in [1.165, 1.54) is 18.5 Å². The SMILES string of the molecule is Nc1cnc(-c2ccc(-c3ccccc3OCCO)cc2F)nc1. The van der Waals surface area contributed by atoms with Gasteiger partial charge in [0.2, 0.25) is 0 Å². The molecule has 3 rings (SSSR count). The molecule has 0 atom stereocenters. The highest BCUT2D eigenvalue weighted by Crippen LogP contribution is 2.32. The average Bonchev–Trinajstić information content (AvgIpc) is 2.61. The van der Waals surface area contributed by atoms with Crippen molar-refractivity contribution >= 4 is 5.69 Å². The summed E-state index contributed by atoms with van der Waals surface area (Å²) in [6, 6.07) is 12.1. The second kappa shape index (κ2) is 7.06. The van der Waals surface area contributed by atoms with Crippen LogP contribution in [0, 0.1) is 5.82 Å². The Balaban J connectivity index is 1.97. The average molecular weight is 325 g/mol. The summed E-state index contributed by atoms with van der Waals surface area (Å²) < 4.78 is 20.0. The number of aromatic nitrogens is 2. The van der Waals surface area contributed by atoms with Crippen LogP contribution in [0.1, 0.15) is 0 Å². The number of anilines is 1. The minimum atomic E-state index is -0.436. The minimum Gasteiger partial charge on any atom is -0.491 e. The number of nitrogens with zero attached hydrogens (tertiary/aromatic N) is 2. The van der Waals surface area contributed by atoms with Gasteiger partial charge in [-0.25, -0.2) is 14.4 Å². The molecule has 24 heavy (non-hydrogen) atoms. The lowest BCUT2D eigenvalue weighted by atomic mass is 10.0. The van der Waals surface area contributed by atoms with Gasteiger partial charge in [0, 0.05) is 5.56 Å². The zero-order chi connectivity index (χ0) is 16.9. The molecule has 0 bridgehead atoms. The summed E-state index contributed by atoms with van der Waals surface area (Å²) in [6.07, 6.45) is 2.88. The van der Waals surface area contributed by atoms with Gasteiger partial charge >= 0.3 is 0 Å². The second-order valence-electron chi connectivity index (χ2n) is 5.10. The van der Waals surface area contributed by atoms with Crippen LogP contribution >= 0.6 is 0 Å². The van der Waals surface area contributed by atoms with Crippen LogP contribution in [-0.4, -0.2) is 28.3 Å². The summed E-state index contributed by atoms with van der Waals surface area (Å²) in [4.78, 5) is 8.08. The van der Waals surface area contributed by atoms with E-state index in [2.05, 4.69) is 9.97 Å². The Labute approximate surface area is 138 Å². The molecule has 3 aromatic rings. The van der Waals surface area contributed by atoms with Gasteiger partial charge in [-0.2, -0.15) is 0 Å². The lowest BCUT2D eigenvalue weighted by Crippen LogP contribution is -2.02. The van der Waals surface area contributed by atoms with E-state index in [1.807, 2.05) is 18.2 Å². The monoisotopic (exact) mass is 325 g/mol. The lowest BCUT2D eigenvalue weighted by Gasteiger charge is -2.11. The highest BCUT2D eigenvalue weighted by atomic mass is 19.1. The number of hydrogen-bond donors (Lipinski definition) is 2. The summed E-state index contributed by atoms with van der Waals surface area (Å²) in [5.74, 6) is 0.426. The maximum atomic E-state index is 14.5. The number of aliphatic hydroxyl groups excluding tert-OH is 1. The normalized spacial score (nSPS) is 10.6. The molecule has 0 spiro atoms. The molecule has 6 heteroatoms. The maximum Gasteiger partial charge on any atom is 0.162 e. The molecule has 1 aromatic heterocycles. The Bertz CT molecular complexity index is 838. The minimum absolute atomic E-state index is 0.0872. The summed E-state index contributed by atoms with van der Waals surface area (Å²) in [7, 11) is 0. The van der Waals surface area contributed by atoms with Gasteiger partial charge in [0.1, 0.15) is 18.2 Å². The van der Waals surface area contributed by atoms with Crippen LogP contribution in [0.3, 0.4) is 0 Å². The molecular weight excluding hydrogens is 309 g/mol. The predicted molar refractivity (Wildman–Crippen MR) is 89.9 cm³/mol. The number of nitrogen functional groups attached to an aromatic ring is 1. The molecule has 2 aromatic carbocycles. The number of aliphatic hydroxyl groups is 1. The number of para-hydroxylation sites is 1. The molecule has 0 saturated heterocycles. The van der Waals surface area contributed by atoms with Gasteiger partial charge in [-0.15, -0.1) is 0 Å². The molecule has 0 unspecified atom stereocenters. The van der Waals surface area contributed by atoms with Gasteiger partial charge in [0.25, 0.3) is 0 Å². The molecule has 0 saturated carbocycles. The lowest BCUT2D eigenvalue weighted by molar-refractivity contribution is 0.202. The van der Waals surface area contributed by atoms with Crippen molar-refractivity contribution in [2.75, 3.05) is 18.9 Å². The largest absolute Gasteiger partial charge is 0.491 e. The van der Waals surface area contributed by atoms with E-state index in [-0.39, 0.29) is 19.0 Å². The first-order valence-corrected chi connectivity index (χ1v) is 7.39. The van der Waals surface area contributed by atoms with E-state index in [1.54, 1.807) is 18.2 Å². The third kappa shape index (κ3) is 3.33. The highest BCUT2D eigenvalue weighted by Gasteiger charge is 2.12. The van der Waals surface area contributed by atoms with Crippen LogP contribution in [0.15, 0.2) is 54.9 Å². The molecule has 1 heterocycles. The van der Waals surface area contributed by atoms with E-state index < -0.39 is 5.82 Å². The number of halogens is 1. The summed E-state index contributed by atoms with van der Waals surface area (Å²) in [5.41, 5.74) is 7.68. The van der Waals surface area contributed by atoms with Gasteiger partial charge in [-0.05, 0) is 23.8 Å². The van der Waals surface area contributed by atoms with Crippen molar-refractivity contribution in [2.45, 2.75) is 0 Å². The first-order chi connectivity index (χ1) is 11.7. The van der Waals surface area contributed by atoms with E-state index in [0.717, 1.165) is 5.56 Å². The van der Waals surface area contributed by atoms with Gasteiger partial charge in [0.15, 0.2) is 5.82 Å². The van der Waals surface area contributed by atoms with Crippen molar-refractivity contribution in [2.24, 2.45) is 0 Å². The van der Waals surface area contributed by atoms with Crippen molar-refractivity contribution in [1.29, 1.82) is 0 Å². The van der Waals surface area contributed by atoms with E-state index in [9.17, 15) is 4.39 Å². The number of benzene rings is 2. The van der Waals surface area contributed by atoms with Crippen molar-refractivity contribution < 1.29 is 14.2 Å². The van der Waals surface area contributed by atoms with Crippen molar-refractivity contribution in [1.82, 2.24) is 9.97 Å². The molecule has 0 aliphatic rings. The summed E-state index contributed by atoms with van der Waals surface area (Å²) >= 11 is 0. The molecule has 0 fully saturated rings. The fourth-order valence-electron chi connectivity index (χ4n) is 2.33. The third-order valence-electron chi connectivity index (χ3n) is 3.43. The summed E-state index contributed by atoms with van der Waals surface area (Å²) in [5, 5.41) is 8.91. The highest BCUT2D eigenvalue weighted by molar-refractivity contribution is 5.73. The van der Waals surface area contributed by atoms with Crippen molar-refractivity contribution in [3.8, 4) is 28.3 Å². The number of ether oxygens (including phenoxy) is 1. The van der Waals surface area contributed by atoms with Crippen LogP contribution in [0.2, 0.25) is 0 Å². The smallest absolute Gasteiger partial charge is 0.162 e. The van der Waals surface area contributed by atoms with Crippen LogP contribution in [0.25, 0.3) is 22.5 Å². The van der Waals surface area contributed by atoms with E-state index in [0.29, 0.717) is 22.6 Å². The van der Waals surface area contributed by atoms with Gasteiger partial charge in [0.05, 0.1) is 30.3 Å². The van der Waals surface area contributed by atoms with E-state index in [4.69, 9.17) is 15.6 Å². The second-order valence-corrected chi connectivity index (χ2v) is 5.10. The zero-order valence-electron chi connectivity index (χ0n) is 12.8. The standard InChI is InChI=1S/C18H16FN3O2/c19-16-9-12(14-3-1-2-4-17(14)24-8-7-23)5-6-15(16)18-21-10-13(20)11-22-18/h1-6,9-11,23H,7-8,20H2. The summed E-state index contributed by atoms with van der Waals surface area (Å²) in [6.45, 7) is 0.0902. The van der Waals surface area contributed by atoms with Crippen molar-refractivity contribution in [3.63, 3.8) is 0 Å². The third-order valence-corrected chi connectivity index (χ3v) is 3.43. The number of hydrogen-bond acceptors (Lipinski definition) is 5. The molecular formula is C18H16FN3O2. The fourth-order valence-corrected chi connectivity index (χ4v) is 2.33. The van der Waals surface area contributed by atoms with E-state index >= 15 is 0 Å². The van der Waals surface area contributed by atoms with Crippen molar-refractivity contribution in [3.05, 3.63) is 60.7 Å². The van der Waals surface area contributed by atoms with Gasteiger partial charge in [-0.3, -0.25) is 0 Å². The number of rotatable bonds is 5. The molecule has 0 amide bonds. The van der Waals surface area contributed by atoms with Crippen LogP contribution in [0.5, 0.6) is 5.75 Å². The maximum absolute atomic E-state index is 14.5. The fraction of sp³-hybridized carbons (Fsp3) is 0.111. The molecule has 0 aliphatic carbocycles. The predicted octanol–water partition coefficient (Wildman–Crippen LogP) is 2.90. The first kappa shape index (κ1) is 15.9. The van der Waals surface area contributed by atoms with Crippen LogP contribution < -0.4 is 10.5 Å². The Hall–Kier alpha value is -2.99. The topological polar surface area (TPSA) is 81.3 Å². The Kier molecular flexibility index (Phi) is 4.67. The molecule has 0 aliphatic heterocycles. The van der Waals surface area contributed by atoms with Gasteiger partial charge < -0.3 is 15.6 Å². The first-order valence-electron chi connectivity index (χ1n) is 7.39. The Morgan fingerprint density at radius 1 is 1.04 bits per heavy atom. The molecule has 0 radical (unpaired) electrons. The van der Waals surface area contributed by atoms with Gasteiger partial charge in [-0.1, -0.05) is 24.3 Å². The quantitative estimate of drug-likeness (QED) is 0.754. The Morgan fingerprint density at radius 2 is 1.79 bits per heavy atom. The van der Waals surface area contributed by atoms with Crippen LogP contribution in [-0.2, 0) is 0 Å². The molecule has 5 nitrogen and oxygen atoms in total. The molecule has 3 N–H and O–H groups in total. The molecule has 122 valence electrons.